The molecule has 0 fully saturated rings. The molecule has 6 heteroatoms. The number of nitrogens with zero attached hydrogens (tertiary/aromatic N) is 1. The van der Waals surface area contributed by atoms with E-state index in [2.05, 4.69) is 11.9 Å². The molecule has 0 atom stereocenters. The van der Waals surface area contributed by atoms with E-state index in [1.165, 1.54) is 6.07 Å². The number of aryl methyl sites for hydroxylation is 1. The summed E-state index contributed by atoms with van der Waals surface area (Å²) in [4.78, 5) is 2.78. The monoisotopic (exact) mass is 300 g/mol. The van der Waals surface area contributed by atoms with Gasteiger partial charge in [0.05, 0.1) is 5.52 Å². The van der Waals surface area contributed by atoms with E-state index in [-0.39, 0.29) is 5.52 Å². The highest BCUT2D eigenvalue weighted by Crippen LogP contribution is 2.19. The van der Waals surface area contributed by atoms with E-state index in [1.807, 2.05) is 0 Å². The number of fused-ring (bicyclic) bond motifs is 1. The first-order chi connectivity index (χ1) is 9.63. The van der Waals surface area contributed by atoms with Crippen LogP contribution in [-0.4, -0.2) is 22.8 Å². The van der Waals surface area contributed by atoms with E-state index in [0.717, 1.165) is 31.9 Å². The third-order valence-electron chi connectivity index (χ3n) is 3.11. The number of aromatic nitrogens is 2. The van der Waals surface area contributed by atoms with E-state index in [9.17, 15) is 8.78 Å². The molecule has 2 aromatic rings. The summed E-state index contributed by atoms with van der Waals surface area (Å²) >= 11 is 5.15. The Balaban J connectivity index is 2.06. The summed E-state index contributed by atoms with van der Waals surface area (Å²) in [5.41, 5.74) is 0.712. The van der Waals surface area contributed by atoms with Crippen molar-refractivity contribution < 1.29 is 13.5 Å². The maximum atomic E-state index is 13.6. The van der Waals surface area contributed by atoms with Gasteiger partial charge in [0.2, 0.25) is 0 Å². The second kappa shape index (κ2) is 6.95. The standard InChI is InChI=1S/C14H18F2N2OS/c1-2-3-6-19-7-4-5-18-12-9-10(15)8-11(16)13(12)17-14(18)20/h8-9H,2-7H2,1H3,(H,17,20). The van der Waals surface area contributed by atoms with Gasteiger partial charge in [-0.25, -0.2) is 8.78 Å². The van der Waals surface area contributed by atoms with Gasteiger partial charge in [-0.1, -0.05) is 13.3 Å². The molecule has 0 aliphatic rings. The van der Waals surface area contributed by atoms with Crippen molar-refractivity contribution in [3.8, 4) is 0 Å². The zero-order chi connectivity index (χ0) is 14.5. The van der Waals surface area contributed by atoms with Crippen LogP contribution in [-0.2, 0) is 11.3 Å². The molecule has 20 heavy (non-hydrogen) atoms. The van der Waals surface area contributed by atoms with Gasteiger partial charge in [-0.3, -0.25) is 0 Å². The van der Waals surface area contributed by atoms with Crippen LogP contribution in [0.2, 0.25) is 0 Å². The molecule has 0 amide bonds. The largest absolute Gasteiger partial charge is 0.381 e. The van der Waals surface area contributed by atoms with Gasteiger partial charge in [-0.2, -0.15) is 0 Å². The highest BCUT2D eigenvalue weighted by atomic mass is 32.1. The number of nitrogens with one attached hydrogen (secondary N) is 1. The molecule has 1 aromatic carbocycles. The van der Waals surface area contributed by atoms with Gasteiger partial charge < -0.3 is 14.3 Å². The molecule has 0 saturated carbocycles. The molecule has 2 rings (SSSR count). The molecule has 0 bridgehead atoms. The minimum absolute atomic E-state index is 0.253. The normalized spacial score (nSPS) is 11.3. The summed E-state index contributed by atoms with van der Waals surface area (Å²) < 4.78 is 34.5. The van der Waals surface area contributed by atoms with Gasteiger partial charge in [0.15, 0.2) is 10.6 Å². The first-order valence-corrected chi connectivity index (χ1v) is 7.19. The molecule has 0 radical (unpaired) electrons. The number of ether oxygens (including phenoxy) is 1. The third kappa shape index (κ3) is 3.43. The number of unbranched alkanes of at least 4 members (excludes halogenated alkanes) is 1. The van der Waals surface area contributed by atoms with Crippen LogP contribution in [0.1, 0.15) is 26.2 Å². The lowest BCUT2D eigenvalue weighted by molar-refractivity contribution is 0.126. The van der Waals surface area contributed by atoms with E-state index < -0.39 is 11.6 Å². The van der Waals surface area contributed by atoms with Gasteiger partial charge in [-0.05, 0) is 31.1 Å². The number of imidazole rings is 1. The molecule has 110 valence electrons. The lowest BCUT2D eigenvalue weighted by Crippen LogP contribution is -2.04. The number of halogens is 2. The van der Waals surface area contributed by atoms with Crippen LogP contribution >= 0.6 is 12.2 Å². The number of aromatic amines is 1. The van der Waals surface area contributed by atoms with Crippen molar-refractivity contribution in [3.63, 3.8) is 0 Å². The van der Waals surface area contributed by atoms with Gasteiger partial charge in [0.1, 0.15) is 11.3 Å². The molecule has 1 aromatic heterocycles. The van der Waals surface area contributed by atoms with Crippen LogP contribution in [0.3, 0.4) is 0 Å². The predicted molar refractivity (Wildman–Crippen MR) is 77.4 cm³/mol. The predicted octanol–water partition coefficient (Wildman–Crippen LogP) is 4.18. The Morgan fingerprint density at radius 2 is 2.00 bits per heavy atom. The van der Waals surface area contributed by atoms with E-state index >= 15 is 0 Å². The van der Waals surface area contributed by atoms with Crippen LogP contribution in [0.15, 0.2) is 12.1 Å². The molecular weight excluding hydrogens is 282 g/mol. The van der Waals surface area contributed by atoms with Crippen molar-refractivity contribution in [3.05, 3.63) is 28.5 Å². The SMILES string of the molecule is CCCCOCCCn1c(=S)[nH]c2c(F)cc(F)cc21. The van der Waals surface area contributed by atoms with E-state index in [1.54, 1.807) is 4.57 Å². The summed E-state index contributed by atoms with van der Waals surface area (Å²) in [6.45, 7) is 4.05. The van der Waals surface area contributed by atoms with Crippen LogP contribution < -0.4 is 0 Å². The third-order valence-corrected chi connectivity index (χ3v) is 3.44. The summed E-state index contributed by atoms with van der Waals surface area (Å²) in [6.07, 6.45) is 2.90. The van der Waals surface area contributed by atoms with Crippen LogP contribution in [0.5, 0.6) is 0 Å². The molecule has 0 aliphatic heterocycles. The second-order valence-electron chi connectivity index (χ2n) is 4.68. The first-order valence-electron chi connectivity index (χ1n) is 6.78. The average Bonchev–Trinajstić information content (AvgIpc) is 2.71. The van der Waals surface area contributed by atoms with E-state index in [0.29, 0.717) is 23.4 Å². The van der Waals surface area contributed by atoms with Crippen molar-refractivity contribution in [1.29, 1.82) is 0 Å². The summed E-state index contributed by atoms with van der Waals surface area (Å²) in [7, 11) is 0. The number of rotatable bonds is 7. The fourth-order valence-corrected chi connectivity index (χ4v) is 2.37. The molecule has 0 spiro atoms. The Labute approximate surface area is 121 Å². The van der Waals surface area contributed by atoms with Crippen molar-refractivity contribution in [2.24, 2.45) is 0 Å². The van der Waals surface area contributed by atoms with Crippen LogP contribution in [0.25, 0.3) is 11.0 Å². The zero-order valence-electron chi connectivity index (χ0n) is 11.4. The molecule has 1 N–H and O–H groups in total. The number of hydrogen-bond acceptors (Lipinski definition) is 2. The molecule has 1 heterocycles. The lowest BCUT2D eigenvalue weighted by Gasteiger charge is -2.06. The Morgan fingerprint density at radius 3 is 2.75 bits per heavy atom. The van der Waals surface area contributed by atoms with Gasteiger partial charge in [0, 0.05) is 25.8 Å². The second-order valence-corrected chi connectivity index (χ2v) is 5.07. The molecule has 0 saturated heterocycles. The highest BCUT2D eigenvalue weighted by Gasteiger charge is 2.10. The Bertz CT molecular complexity index is 636. The topological polar surface area (TPSA) is 29.9 Å². The van der Waals surface area contributed by atoms with Crippen molar-refractivity contribution in [1.82, 2.24) is 9.55 Å². The summed E-state index contributed by atoms with van der Waals surface area (Å²) in [5.74, 6) is -1.22. The van der Waals surface area contributed by atoms with Crippen LogP contribution in [0, 0.1) is 16.4 Å². The number of hydrogen-bond donors (Lipinski definition) is 1. The van der Waals surface area contributed by atoms with Crippen LogP contribution in [0.4, 0.5) is 8.78 Å². The quantitative estimate of drug-likeness (QED) is 0.614. The first kappa shape index (κ1) is 15.1. The van der Waals surface area contributed by atoms with Crippen molar-refractivity contribution in [2.75, 3.05) is 13.2 Å². The summed E-state index contributed by atoms with van der Waals surface area (Å²) in [6, 6.07) is 2.15. The van der Waals surface area contributed by atoms with Gasteiger partial charge in [0.25, 0.3) is 0 Å². The summed E-state index contributed by atoms with van der Waals surface area (Å²) in [5, 5.41) is 0. The Morgan fingerprint density at radius 1 is 1.25 bits per heavy atom. The van der Waals surface area contributed by atoms with Crippen molar-refractivity contribution >= 4 is 23.3 Å². The Kier molecular flexibility index (Phi) is 5.25. The van der Waals surface area contributed by atoms with Crippen molar-refractivity contribution in [2.45, 2.75) is 32.7 Å². The number of H-pyrrole nitrogens is 1. The molecule has 0 unspecified atom stereocenters. The lowest BCUT2D eigenvalue weighted by atomic mass is 10.3. The van der Waals surface area contributed by atoms with Gasteiger partial charge in [-0.15, -0.1) is 0 Å². The number of benzene rings is 1. The minimum atomic E-state index is -0.621. The smallest absolute Gasteiger partial charge is 0.178 e. The maximum absolute atomic E-state index is 13.6. The maximum Gasteiger partial charge on any atom is 0.178 e. The average molecular weight is 300 g/mol. The molecule has 0 aliphatic carbocycles. The minimum Gasteiger partial charge on any atom is -0.381 e. The highest BCUT2D eigenvalue weighted by molar-refractivity contribution is 7.71. The molecule has 3 nitrogen and oxygen atoms in total. The Hall–Kier alpha value is -1.27. The molecular formula is C14H18F2N2OS. The van der Waals surface area contributed by atoms with E-state index in [4.69, 9.17) is 17.0 Å². The fourth-order valence-electron chi connectivity index (χ4n) is 2.08. The fraction of sp³-hybridized carbons (Fsp3) is 0.500. The van der Waals surface area contributed by atoms with Gasteiger partial charge >= 0.3 is 0 Å². The zero-order valence-corrected chi connectivity index (χ0v) is 12.2.